The lowest BCUT2D eigenvalue weighted by molar-refractivity contribution is -0.129. The van der Waals surface area contributed by atoms with Crippen LogP contribution in [0.2, 0.25) is 0 Å². The van der Waals surface area contributed by atoms with Gasteiger partial charge in [-0.2, -0.15) is 8.42 Å². The number of hydrogen-bond acceptors (Lipinski definition) is 4. The highest BCUT2D eigenvalue weighted by molar-refractivity contribution is 7.87. The number of halogens is 1. The van der Waals surface area contributed by atoms with Crippen LogP contribution in [0, 0.1) is 0 Å². The van der Waals surface area contributed by atoms with Gasteiger partial charge in [-0.05, 0) is 6.42 Å². The third kappa shape index (κ3) is 2.12. The van der Waals surface area contributed by atoms with Crippen molar-refractivity contribution in [1.82, 2.24) is 4.90 Å². The van der Waals surface area contributed by atoms with Crippen molar-refractivity contribution >= 4 is 16.1 Å². The van der Waals surface area contributed by atoms with Gasteiger partial charge >= 0.3 is 10.2 Å². The van der Waals surface area contributed by atoms with E-state index in [4.69, 9.17) is 4.74 Å². The second-order valence-electron chi connectivity index (χ2n) is 3.87. The molecule has 0 spiro atoms. The first-order valence-corrected chi connectivity index (χ1v) is 6.24. The molecule has 0 radical (unpaired) electrons. The largest absolute Gasteiger partial charge is 0.379 e. The molecule has 0 bridgehead atoms. The van der Waals surface area contributed by atoms with Crippen molar-refractivity contribution in [2.75, 3.05) is 19.8 Å². The lowest BCUT2D eigenvalue weighted by Gasteiger charge is -2.22. The maximum atomic E-state index is 12.7. The molecule has 2 aliphatic rings. The van der Waals surface area contributed by atoms with Gasteiger partial charge in [0.1, 0.15) is 5.25 Å². The number of rotatable bonds is 2. The Morgan fingerprint density at radius 1 is 1.47 bits per heavy atom. The number of likely N-dealkylation sites (tertiary alicyclic amines) is 1. The van der Waals surface area contributed by atoms with Gasteiger partial charge in [-0.25, -0.2) is 0 Å². The second-order valence-corrected chi connectivity index (χ2v) is 5.48. The monoisotopic (exact) mass is 237 g/mol. The fraction of sp³-hybridized carbons (Fsp3) is 0.875. The van der Waals surface area contributed by atoms with Crippen molar-refractivity contribution in [3.63, 3.8) is 0 Å². The summed E-state index contributed by atoms with van der Waals surface area (Å²) >= 11 is 0. The van der Waals surface area contributed by atoms with Crippen molar-refractivity contribution in [3.8, 4) is 0 Å². The Morgan fingerprint density at radius 3 is 2.67 bits per heavy atom. The minimum atomic E-state index is -4.60. The smallest absolute Gasteiger partial charge is 0.307 e. The van der Waals surface area contributed by atoms with E-state index < -0.39 is 15.5 Å². The van der Waals surface area contributed by atoms with E-state index in [9.17, 15) is 17.1 Å². The molecule has 0 N–H and O–H groups in total. The Kier molecular flexibility index (Phi) is 2.68. The molecule has 2 fully saturated rings. The van der Waals surface area contributed by atoms with Crippen LogP contribution < -0.4 is 0 Å². The molecule has 2 rings (SSSR count). The minimum absolute atomic E-state index is 0.0360. The molecule has 0 aliphatic carbocycles. The maximum Gasteiger partial charge on any atom is 0.307 e. The van der Waals surface area contributed by atoms with Crippen LogP contribution in [0.15, 0.2) is 0 Å². The van der Waals surface area contributed by atoms with E-state index in [1.54, 1.807) is 0 Å². The van der Waals surface area contributed by atoms with Crippen molar-refractivity contribution in [2.24, 2.45) is 0 Å². The van der Waals surface area contributed by atoms with E-state index in [1.807, 2.05) is 0 Å². The Morgan fingerprint density at radius 2 is 2.20 bits per heavy atom. The van der Waals surface area contributed by atoms with Crippen LogP contribution in [0.4, 0.5) is 3.89 Å². The van der Waals surface area contributed by atoms with E-state index in [2.05, 4.69) is 0 Å². The van der Waals surface area contributed by atoms with E-state index >= 15 is 0 Å². The molecule has 5 nitrogen and oxygen atoms in total. The summed E-state index contributed by atoms with van der Waals surface area (Å²) in [4.78, 5) is 12.9. The quantitative estimate of drug-likeness (QED) is 0.617. The molecule has 7 heteroatoms. The summed E-state index contributed by atoms with van der Waals surface area (Å²) in [5.41, 5.74) is 0. The van der Waals surface area contributed by atoms with Crippen LogP contribution in [0.5, 0.6) is 0 Å². The van der Waals surface area contributed by atoms with Gasteiger partial charge in [0.25, 0.3) is 0 Å². The third-order valence-electron chi connectivity index (χ3n) is 2.87. The molecule has 2 aliphatic heterocycles. The van der Waals surface area contributed by atoms with Crippen molar-refractivity contribution in [2.45, 2.75) is 24.1 Å². The van der Waals surface area contributed by atoms with E-state index in [0.29, 0.717) is 19.6 Å². The van der Waals surface area contributed by atoms with Gasteiger partial charge in [0.05, 0.1) is 12.6 Å². The molecule has 1 amide bonds. The molecule has 2 heterocycles. The molecule has 15 heavy (non-hydrogen) atoms. The summed E-state index contributed by atoms with van der Waals surface area (Å²) in [6, 6.07) is -0.0794. The number of amides is 1. The number of ether oxygens (including phenoxy) is 1. The molecular weight excluding hydrogens is 225 g/mol. The zero-order chi connectivity index (χ0) is 11.1. The molecular formula is C8H12FNO4S. The molecule has 1 unspecified atom stereocenters. The lowest BCUT2D eigenvalue weighted by Crippen LogP contribution is -2.37. The first-order valence-electron chi connectivity index (χ1n) is 4.79. The fourth-order valence-corrected chi connectivity index (χ4v) is 2.69. The van der Waals surface area contributed by atoms with Gasteiger partial charge in [-0.1, -0.05) is 0 Å². The van der Waals surface area contributed by atoms with Gasteiger partial charge in [0.15, 0.2) is 0 Å². The van der Waals surface area contributed by atoms with Gasteiger partial charge in [-0.3, -0.25) is 4.79 Å². The van der Waals surface area contributed by atoms with Crippen LogP contribution in [0.1, 0.15) is 12.8 Å². The zero-order valence-corrected chi connectivity index (χ0v) is 8.87. The predicted molar refractivity (Wildman–Crippen MR) is 49.4 cm³/mol. The van der Waals surface area contributed by atoms with Crippen molar-refractivity contribution < 1.29 is 21.8 Å². The standard InChI is InChI=1S/C8H12FNO4S/c9-15(12,13)7-3-8(11)10(4-7)6-1-2-14-5-6/h6-7H,1-5H2/t6-,7?/m1/s1. The first-order chi connectivity index (χ1) is 6.98. The Balaban J connectivity index is 2.07. The number of carbonyl (C=O) groups excluding carboxylic acids is 1. The Labute approximate surface area is 87.4 Å². The van der Waals surface area contributed by atoms with Gasteiger partial charge in [0, 0.05) is 19.6 Å². The molecule has 0 aromatic carbocycles. The van der Waals surface area contributed by atoms with Crippen molar-refractivity contribution in [1.29, 1.82) is 0 Å². The molecule has 2 saturated heterocycles. The second kappa shape index (κ2) is 3.71. The summed E-state index contributed by atoms with van der Waals surface area (Å²) < 4.78 is 39.1. The van der Waals surface area contributed by atoms with Gasteiger partial charge < -0.3 is 9.64 Å². The van der Waals surface area contributed by atoms with Gasteiger partial charge in [0.2, 0.25) is 5.91 Å². The van der Waals surface area contributed by atoms with Crippen LogP contribution in [-0.4, -0.2) is 50.3 Å². The third-order valence-corrected chi connectivity index (χ3v) is 3.98. The summed E-state index contributed by atoms with van der Waals surface area (Å²) in [6.45, 7) is 0.956. The molecule has 0 aromatic rings. The zero-order valence-electron chi connectivity index (χ0n) is 8.06. The average Bonchev–Trinajstić information content (AvgIpc) is 2.69. The Hall–Kier alpha value is -0.690. The topological polar surface area (TPSA) is 63.7 Å². The maximum absolute atomic E-state index is 12.7. The normalized spacial score (nSPS) is 32.6. The summed E-state index contributed by atoms with van der Waals surface area (Å²) in [5, 5.41) is -1.19. The lowest BCUT2D eigenvalue weighted by atomic mass is 10.2. The van der Waals surface area contributed by atoms with Gasteiger partial charge in [-0.15, -0.1) is 3.89 Å². The SMILES string of the molecule is O=C1CC(S(=O)(=O)F)CN1[C@@H]1CCOC1. The highest BCUT2D eigenvalue weighted by atomic mass is 32.3. The highest BCUT2D eigenvalue weighted by Gasteiger charge is 2.41. The molecule has 0 aromatic heterocycles. The van der Waals surface area contributed by atoms with E-state index in [-0.39, 0.29) is 24.9 Å². The van der Waals surface area contributed by atoms with E-state index in [1.165, 1.54) is 4.90 Å². The molecule has 2 atom stereocenters. The number of carbonyl (C=O) groups is 1. The average molecular weight is 237 g/mol. The highest BCUT2D eigenvalue weighted by Crippen LogP contribution is 2.24. The van der Waals surface area contributed by atoms with E-state index in [0.717, 1.165) is 0 Å². The van der Waals surface area contributed by atoms with Crippen LogP contribution in [0.3, 0.4) is 0 Å². The molecule has 0 saturated carbocycles. The fourth-order valence-electron chi connectivity index (χ4n) is 2.01. The number of hydrogen-bond donors (Lipinski definition) is 0. The first kappa shape index (κ1) is 10.8. The summed E-state index contributed by atoms with van der Waals surface area (Å²) in [6.07, 6.45) is 0.458. The van der Waals surface area contributed by atoms with Crippen LogP contribution in [0.25, 0.3) is 0 Å². The minimum Gasteiger partial charge on any atom is -0.379 e. The summed E-state index contributed by atoms with van der Waals surface area (Å²) in [7, 11) is -4.60. The van der Waals surface area contributed by atoms with Crippen molar-refractivity contribution in [3.05, 3.63) is 0 Å². The molecule has 86 valence electrons. The number of nitrogens with zero attached hydrogens (tertiary/aromatic N) is 1. The van der Waals surface area contributed by atoms with Crippen LogP contribution >= 0.6 is 0 Å². The predicted octanol–water partition coefficient (Wildman–Crippen LogP) is -0.325. The van der Waals surface area contributed by atoms with Crippen LogP contribution in [-0.2, 0) is 19.8 Å². The summed E-state index contributed by atoms with van der Waals surface area (Å²) in [5.74, 6) is -0.295. The Bertz CT molecular complexity index is 363.